The summed E-state index contributed by atoms with van der Waals surface area (Å²) in [5.74, 6) is 0. The van der Waals surface area contributed by atoms with Gasteiger partial charge in [0.25, 0.3) is 0 Å². The van der Waals surface area contributed by atoms with Gasteiger partial charge >= 0.3 is 0 Å². The van der Waals surface area contributed by atoms with Crippen molar-refractivity contribution < 1.29 is 43.1 Å². The maximum Gasteiger partial charge on any atom is 0.212 e. The van der Waals surface area contributed by atoms with Crippen molar-refractivity contribution in [3.05, 3.63) is 97.3 Å². The fourth-order valence-electron chi connectivity index (χ4n) is 3.14. The fraction of sp³-hybridized carbons (Fsp3) is 0.130. The third-order valence-electron chi connectivity index (χ3n) is 4.35. The number of benzene rings is 2. The quantitative estimate of drug-likeness (QED) is 0.244. The Hall–Kier alpha value is -2.04. The molecule has 0 N–H and O–H groups in total. The van der Waals surface area contributed by atoms with E-state index in [0.717, 1.165) is 13.1 Å². The van der Waals surface area contributed by atoms with Crippen molar-refractivity contribution in [2.75, 3.05) is 0 Å². The summed E-state index contributed by atoms with van der Waals surface area (Å²) in [4.78, 5) is 0. The molecular formula is C23H24Br2N2. The van der Waals surface area contributed by atoms with Crippen LogP contribution in [-0.2, 0) is 13.1 Å². The third-order valence-corrected chi connectivity index (χ3v) is 4.35. The lowest BCUT2D eigenvalue weighted by atomic mass is 10.2. The van der Waals surface area contributed by atoms with Crippen LogP contribution >= 0.6 is 0 Å². The second kappa shape index (κ2) is 11.0. The maximum absolute atomic E-state index is 2.28. The van der Waals surface area contributed by atoms with E-state index in [1.807, 2.05) is 0 Å². The molecule has 140 valence electrons. The zero-order chi connectivity index (χ0) is 16.2. The predicted molar refractivity (Wildman–Crippen MR) is 104 cm³/mol. The molecule has 0 spiro atoms. The first-order valence-electron chi connectivity index (χ1n) is 8.31. The summed E-state index contributed by atoms with van der Waals surface area (Å²) >= 11 is 0. The van der Waals surface area contributed by atoms with Gasteiger partial charge in [0.1, 0.15) is 0 Å². The number of hydrogen-bond donors (Lipinski definition) is 0. The minimum Gasteiger partial charge on any atom is -1.00 e. The molecule has 0 saturated heterocycles. The van der Waals surface area contributed by atoms with Crippen LogP contribution in [0.1, 0.15) is 7.43 Å². The summed E-state index contributed by atoms with van der Waals surface area (Å²) in [5.41, 5.74) is 2.53. The first-order chi connectivity index (χ1) is 11.9. The first kappa shape index (κ1) is 23.0. The highest BCUT2D eigenvalue weighted by atomic mass is 79.9. The molecule has 0 atom stereocenters. The number of fused-ring (bicyclic) bond motifs is 2. The van der Waals surface area contributed by atoms with Crippen LogP contribution in [0.5, 0.6) is 0 Å². The Morgan fingerprint density at radius 2 is 0.926 bits per heavy atom. The molecule has 0 amide bonds. The van der Waals surface area contributed by atoms with Crippen LogP contribution in [-0.4, -0.2) is 0 Å². The molecule has 4 aromatic rings. The van der Waals surface area contributed by atoms with Gasteiger partial charge in [-0.05, 0) is 36.4 Å². The number of allylic oxidation sites excluding steroid dienone is 2. The van der Waals surface area contributed by atoms with E-state index in [2.05, 4.69) is 106 Å². The topological polar surface area (TPSA) is 7.76 Å². The molecule has 2 aromatic heterocycles. The molecule has 0 saturated carbocycles. The van der Waals surface area contributed by atoms with Crippen molar-refractivity contribution in [2.24, 2.45) is 0 Å². The predicted octanol–water partition coefficient (Wildman–Crippen LogP) is -1.53. The summed E-state index contributed by atoms with van der Waals surface area (Å²) in [7, 11) is 0. The number of pyridine rings is 2. The Kier molecular flexibility index (Phi) is 9.33. The number of hydrogen-bond acceptors (Lipinski definition) is 0. The second-order valence-corrected chi connectivity index (χ2v) is 5.91. The molecular weight excluding hydrogens is 464 g/mol. The van der Waals surface area contributed by atoms with Crippen molar-refractivity contribution >= 4 is 21.8 Å². The monoisotopic (exact) mass is 486 g/mol. The second-order valence-electron chi connectivity index (χ2n) is 5.91. The fourth-order valence-corrected chi connectivity index (χ4v) is 3.14. The van der Waals surface area contributed by atoms with E-state index in [1.165, 1.54) is 21.8 Å². The number of rotatable bonds is 4. The summed E-state index contributed by atoms with van der Waals surface area (Å²) in [6.07, 6.45) is 8.75. The van der Waals surface area contributed by atoms with Crippen LogP contribution in [0.15, 0.2) is 97.3 Å². The Balaban J connectivity index is 0.00000121. The Morgan fingerprint density at radius 1 is 0.556 bits per heavy atom. The van der Waals surface area contributed by atoms with Gasteiger partial charge in [0.05, 0.1) is 0 Å². The number of para-hydroxylation sites is 2. The standard InChI is InChI=1S/C22H20N2.CH4.2BrH/c1-3-13-21-19(9-1)11-7-17-23(21)15-5-6-16-24-18-8-12-20-10-2-4-14-22(20)24;;;/h1-14,17-18H,15-16H2;1H4;2*1H/q+2;;;/p-2/b6-5+;;;. The SMILES string of the molecule is C.C(=C\C[n+]1cccc2ccccc21)/C[n+]1cccc2ccccc21.[Br-].[Br-]. The van der Waals surface area contributed by atoms with Crippen LogP contribution in [0, 0.1) is 0 Å². The highest BCUT2D eigenvalue weighted by Gasteiger charge is 2.06. The van der Waals surface area contributed by atoms with Gasteiger partial charge in [-0.3, -0.25) is 0 Å². The number of aromatic nitrogens is 2. The van der Waals surface area contributed by atoms with E-state index < -0.39 is 0 Å². The normalized spacial score (nSPS) is 10.2. The van der Waals surface area contributed by atoms with Crippen LogP contribution in [0.2, 0.25) is 0 Å². The van der Waals surface area contributed by atoms with Gasteiger partial charge in [0.15, 0.2) is 25.5 Å². The molecule has 0 radical (unpaired) electrons. The first-order valence-corrected chi connectivity index (χ1v) is 8.31. The van der Waals surface area contributed by atoms with Crippen LogP contribution < -0.4 is 43.1 Å². The lowest BCUT2D eigenvalue weighted by molar-refractivity contribution is -0.665. The molecule has 0 bridgehead atoms. The molecule has 4 rings (SSSR count). The zero-order valence-corrected chi connectivity index (χ0v) is 17.5. The van der Waals surface area contributed by atoms with E-state index in [9.17, 15) is 0 Å². The van der Waals surface area contributed by atoms with Crippen LogP contribution in [0.4, 0.5) is 0 Å². The highest BCUT2D eigenvalue weighted by Crippen LogP contribution is 2.08. The van der Waals surface area contributed by atoms with E-state index in [4.69, 9.17) is 0 Å². The molecule has 2 heterocycles. The van der Waals surface area contributed by atoms with E-state index in [0.29, 0.717) is 0 Å². The summed E-state index contributed by atoms with van der Waals surface area (Å²) in [5, 5.41) is 2.55. The average Bonchev–Trinajstić information content (AvgIpc) is 2.65. The Morgan fingerprint density at radius 3 is 1.37 bits per heavy atom. The van der Waals surface area contributed by atoms with Crippen molar-refractivity contribution in [1.82, 2.24) is 0 Å². The molecule has 0 fully saturated rings. The summed E-state index contributed by atoms with van der Waals surface area (Å²) in [6, 6.07) is 25.5. The number of nitrogens with zero attached hydrogens (tertiary/aromatic N) is 2. The summed E-state index contributed by atoms with van der Waals surface area (Å²) in [6.45, 7) is 1.76. The van der Waals surface area contributed by atoms with Gasteiger partial charge in [-0.2, -0.15) is 9.13 Å². The summed E-state index contributed by atoms with van der Waals surface area (Å²) < 4.78 is 4.55. The van der Waals surface area contributed by atoms with E-state index >= 15 is 0 Å². The lowest BCUT2D eigenvalue weighted by Crippen LogP contribution is -3.00. The van der Waals surface area contributed by atoms with Crippen molar-refractivity contribution in [3.8, 4) is 0 Å². The molecule has 0 unspecified atom stereocenters. The third kappa shape index (κ3) is 5.24. The Bertz CT molecular complexity index is 935. The zero-order valence-electron chi connectivity index (χ0n) is 14.3. The minimum atomic E-state index is 0. The number of halogens is 2. The van der Waals surface area contributed by atoms with Gasteiger partial charge in [0.2, 0.25) is 11.0 Å². The smallest absolute Gasteiger partial charge is 0.212 e. The van der Waals surface area contributed by atoms with Crippen molar-refractivity contribution in [2.45, 2.75) is 20.5 Å². The van der Waals surface area contributed by atoms with Crippen LogP contribution in [0.3, 0.4) is 0 Å². The molecule has 0 aliphatic carbocycles. The van der Waals surface area contributed by atoms with Gasteiger partial charge in [-0.1, -0.05) is 31.7 Å². The van der Waals surface area contributed by atoms with E-state index in [1.54, 1.807) is 0 Å². The minimum absolute atomic E-state index is 0. The van der Waals surface area contributed by atoms with Crippen molar-refractivity contribution in [3.63, 3.8) is 0 Å². The Labute approximate surface area is 182 Å². The molecule has 0 aliphatic heterocycles. The molecule has 0 aliphatic rings. The van der Waals surface area contributed by atoms with E-state index in [-0.39, 0.29) is 41.4 Å². The lowest BCUT2D eigenvalue weighted by Gasteiger charge is -1.99. The maximum atomic E-state index is 2.28. The largest absolute Gasteiger partial charge is 1.00 e. The highest BCUT2D eigenvalue weighted by molar-refractivity contribution is 5.75. The van der Waals surface area contributed by atoms with Gasteiger partial charge in [-0.25, -0.2) is 0 Å². The van der Waals surface area contributed by atoms with Gasteiger partial charge in [-0.15, -0.1) is 0 Å². The van der Waals surface area contributed by atoms with Crippen molar-refractivity contribution in [1.29, 1.82) is 0 Å². The molecule has 2 nitrogen and oxygen atoms in total. The van der Waals surface area contributed by atoms with Gasteiger partial charge in [0, 0.05) is 35.0 Å². The molecule has 4 heteroatoms. The average molecular weight is 488 g/mol. The van der Waals surface area contributed by atoms with Crippen LogP contribution in [0.25, 0.3) is 21.8 Å². The molecule has 2 aromatic carbocycles. The van der Waals surface area contributed by atoms with Gasteiger partial charge < -0.3 is 34.0 Å². The molecule has 27 heavy (non-hydrogen) atoms.